The van der Waals surface area contributed by atoms with Crippen molar-refractivity contribution in [3.05, 3.63) is 34.3 Å². The Morgan fingerprint density at radius 2 is 1.83 bits per heavy atom. The summed E-state index contributed by atoms with van der Waals surface area (Å²) in [7, 11) is 4.26. The van der Waals surface area contributed by atoms with Crippen molar-refractivity contribution < 1.29 is 0 Å². The third-order valence-electron chi connectivity index (χ3n) is 3.10. The van der Waals surface area contributed by atoms with Gasteiger partial charge < -0.3 is 10.2 Å². The molecule has 1 rings (SSSR count). The van der Waals surface area contributed by atoms with Crippen molar-refractivity contribution >= 4 is 15.9 Å². The zero-order valence-electron chi connectivity index (χ0n) is 11.7. The molecule has 1 atom stereocenters. The molecule has 0 spiro atoms. The van der Waals surface area contributed by atoms with E-state index in [4.69, 9.17) is 0 Å². The first-order valence-corrected chi connectivity index (χ1v) is 7.56. The molecule has 0 saturated heterocycles. The highest BCUT2D eigenvalue weighted by molar-refractivity contribution is 9.10. The van der Waals surface area contributed by atoms with Crippen molar-refractivity contribution in [2.45, 2.75) is 32.2 Å². The van der Waals surface area contributed by atoms with Gasteiger partial charge in [-0.15, -0.1) is 0 Å². The Kier molecular flexibility index (Phi) is 7.56. The molecule has 18 heavy (non-hydrogen) atoms. The molecule has 0 radical (unpaired) electrons. The second-order valence-electron chi connectivity index (χ2n) is 4.98. The van der Waals surface area contributed by atoms with E-state index >= 15 is 0 Å². The molecule has 1 unspecified atom stereocenters. The number of halogens is 1. The van der Waals surface area contributed by atoms with Gasteiger partial charge in [0.25, 0.3) is 0 Å². The van der Waals surface area contributed by atoms with Crippen molar-refractivity contribution in [3.8, 4) is 0 Å². The summed E-state index contributed by atoms with van der Waals surface area (Å²) in [4.78, 5) is 2.24. The second kappa shape index (κ2) is 8.68. The van der Waals surface area contributed by atoms with Gasteiger partial charge in [-0.25, -0.2) is 0 Å². The summed E-state index contributed by atoms with van der Waals surface area (Å²) in [6, 6.07) is 9.12. The number of nitrogens with zero attached hydrogens (tertiary/aromatic N) is 1. The normalized spacial score (nSPS) is 12.9. The predicted octanol–water partition coefficient (Wildman–Crippen LogP) is 3.83. The van der Waals surface area contributed by atoms with Gasteiger partial charge in [0, 0.05) is 10.5 Å². The highest BCUT2D eigenvalue weighted by Gasteiger charge is 2.07. The fourth-order valence-corrected chi connectivity index (χ4v) is 2.29. The van der Waals surface area contributed by atoms with Crippen molar-refractivity contribution in [1.29, 1.82) is 0 Å². The van der Waals surface area contributed by atoms with Crippen LogP contribution in [0, 0.1) is 0 Å². The molecular weight excluding hydrogens is 288 g/mol. The number of unbranched alkanes of at least 4 members (excludes halogenated alkanes) is 1. The minimum absolute atomic E-state index is 0.484. The zero-order chi connectivity index (χ0) is 13.4. The molecule has 1 N–H and O–H groups in total. The summed E-state index contributed by atoms with van der Waals surface area (Å²) in [6.45, 7) is 4.51. The van der Waals surface area contributed by atoms with Gasteiger partial charge in [-0.05, 0) is 64.1 Å². The van der Waals surface area contributed by atoms with Crippen molar-refractivity contribution in [3.63, 3.8) is 0 Å². The molecule has 0 bridgehead atoms. The summed E-state index contributed by atoms with van der Waals surface area (Å²) in [5, 5.41) is 3.65. The fourth-order valence-electron chi connectivity index (χ4n) is 2.02. The first kappa shape index (κ1) is 15.7. The van der Waals surface area contributed by atoms with Crippen LogP contribution in [0.1, 0.15) is 37.8 Å². The molecule has 102 valence electrons. The molecule has 3 heteroatoms. The van der Waals surface area contributed by atoms with Crippen LogP contribution >= 0.6 is 15.9 Å². The molecule has 0 aliphatic rings. The lowest BCUT2D eigenvalue weighted by Crippen LogP contribution is -2.23. The van der Waals surface area contributed by atoms with Gasteiger partial charge in [-0.3, -0.25) is 0 Å². The van der Waals surface area contributed by atoms with Gasteiger partial charge in [-0.1, -0.05) is 35.0 Å². The van der Waals surface area contributed by atoms with Crippen LogP contribution in [-0.4, -0.2) is 32.1 Å². The maximum absolute atomic E-state index is 3.65. The minimum atomic E-state index is 0.484. The van der Waals surface area contributed by atoms with E-state index in [1.165, 1.54) is 24.9 Å². The van der Waals surface area contributed by atoms with Crippen LogP contribution in [-0.2, 0) is 0 Å². The average molecular weight is 313 g/mol. The average Bonchev–Trinajstić information content (AvgIpc) is 2.35. The van der Waals surface area contributed by atoms with Gasteiger partial charge in [0.2, 0.25) is 0 Å². The third kappa shape index (κ3) is 5.98. The zero-order valence-corrected chi connectivity index (χ0v) is 13.3. The summed E-state index contributed by atoms with van der Waals surface area (Å²) in [5.41, 5.74) is 1.38. The van der Waals surface area contributed by atoms with Crippen molar-refractivity contribution in [2.75, 3.05) is 27.2 Å². The second-order valence-corrected chi connectivity index (χ2v) is 5.89. The number of hydrogen-bond donors (Lipinski definition) is 1. The third-order valence-corrected chi connectivity index (χ3v) is 3.63. The maximum atomic E-state index is 3.65. The van der Waals surface area contributed by atoms with Crippen molar-refractivity contribution in [2.24, 2.45) is 0 Å². The minimum Gasteiger partial charge on any atom is -0.310 e. The number of hydrogen-bond acceptors (Lipinski definition) is 2. The number of nitrogens with one attached hydrogen (secondary N) is 1. The van der Waals surface area contributed by atoms with E-state index < -0.39 is 0 Å². The Morgan fingerprint density at radius 3 is 2.39 bits per heavy atom. The quantitative estimate of drug-likeness (QED) is 0.734. The lowest BCUT2D eigenvalue weighted by molar-refractivity contribution is 0.387. The SMILES string of the molecule is CCC(NCCCCN(C)C)c1ccc(Br)cc1. The van der Waals surface area contributed by atoms with Gasteiger partial charge >= 0.3 is 0 Å². The Labute approximate surface area is 120 Å². The summed E-state index contributed by atoms with van der Waals surface area (Å²) < 4.78 is 1.15. The molecule has 2 nitrogen and oxygen atoms in total. The lowest BCUT2D eigenvalue weighted by Gasteiger charge is -2.18. The number of rotatable bonds is 8. The van der Waals surface area contributed by atoms with Crippen LogP contribution in [0.3, 0.4) is 0 Å². The van der Waals surface area contributed by atoms with Crippen molar-refractivity contribution in [1.82, 2.24) is 10.2 Å². The van der Waals surface area contributed by atoms with E-state index in [-0.39, 0.29) is 0 Å². The van der Waals surface area contributed by atoms with Gasteiger partial charge in [0.05, 0.1) is 0 Å². The Hall–Kier alpha value is -0.380. The first-order valence-electron chi connectivity index (χ1n) is 6.77. The summed E-state index contributed by atoms with van der Waals surface area (Å²) in [5.74, 6) is 0. The molecular formula is C15H25BrN2. The monoisotopic (exact) mass is 312 g/mol. The van der Waals surface area contributed by atoms with Crippen LogP contribution in [0.25, 0.3) is 0 Å². The molecule has 0 aromatic heterocycles. The molecule has 0 saturated carbocycles. The Morgan fingerprint density at radius 1 is 1.17 bits per heavy atom. The molecule has 0 aliphatic heterocycles. The largest absolute Gasteiger partial charge is 0.310 e. The topological polar surface area (TPSA) is 15.3 Å². The van der Waals surface area contributed by atoms with Gasteiger partial charge in [-0.2, -0.15) is 0 Å². The molecule has 1 aromatic carbocycles. The standard InChI is InChI=1S/C15H25BrN2/c1-4-15(13-7-9-14(16)10-8-13)17-11-5-6-12-18(2)3/h7-10,15,17H,4-6,11-12H2,1-3H3. The van der Waals surface area contributed by atoms with E-state index in [9.17, 15) is 0 Å². The van der Waals surface area contributed by atoms with Crippen LogP contribution in [0.2, 0.25) is 0 Å². The smallest absolute Gasteiger partial charge is 0.0317 e. The maximum Gasteiger partial charge on any atom is 0.0317 e. The van der Waals surface area contributed by atoms with Crippen LogP contribution in [0.5, 0.6) is 0 Å². The van der Waals surface area contributed by atoms with Gasteiger partial charge in [0.1, 0.15) is 0 Å². The van der Waals surface area contributed by atoms with Crippen LogP contribution in [0.15, 0.2) is 28.7 Å². The van der Waals surface area contributed by atoms with Crippen LogP contribution in [0.4, 0.5) is 0 Å². The van der Waals surface area contributed by atoms with E-state index in [1.54, 1.807) is 0 Å². The molecule has 0 amide bonds. The van der Waals surface area contributed by atoms with E-state index in [0.29, 0.717) is 6.04 Å². The summed E-state index contributed by atoms with van der Waals surface area (Å²) in [6.07, 6.45) is 3.64. The predicted molar refractivity (Wildman–Crippen MR) is 83.0 cm³/mol. The van der Waals surface area contributed by atoms with E-state index in [1.807, 2.05) is 0 Å². The molecule has 0 fully saturated rings. The highest BCUT2D eigenvalue weighted by Crippen LogP contribution is 2.19. The molecule has 0 aliphatic carbocycles. The fraction of sp³-hybridized carbons (Fsp3) is 0.600. The highest BCUT2D eigenvalue weighted by atomic mass is 79.9. The van der Waals surface area contributed by atoms with E-state index in [0.717, 1.165) is 17.4 Å². The Balaban J connectivity index is 2.31. The first-order chi connectivity index (χ1) is 8.63. The lowest BCUT2D eigenvalue weighted by atomic mass is 10.0. The van der Waals surface area contributed by atoms with Crippen LogP contribution < -0.4 is 5.32 Å². The van der Waals surface area contributed by atoms with Gasteiger partial charge in [0.15, 0.2) is 0 Å². The van der Waals surface area contributed by atoms with E-state index in [2.05, 4.69) is 71.4 Å². The number of benzene rings is 1. The molecule has 0 heterocycles. The Bertz CT molecular complexity index is 322. The summed E-state index contributed by atoms with van der Waals surface area (Å²) >= 11 is 3.48. The molecule has 1 aromatic rings.